The largest absolute Gasteiger partial charge is 0.491 e. The van der Waals surface area contributed by atoms with Gasteiger partial charge in [-0.3, -0.25) is 4.98 Å². The molecule has 0 saturated carbocycles. The van der Waals surface area contributed by atoms with Crippen molar-refractivity contribution in [3.8, 4) is 5.75 Å². The highest BCUT2D eigenvalue weighted by Crippen LogP contribution is 2.16. The van der Waals surface area contributed by atoms with Crippen molar-refractivity contribution >= 4 is 5.97 Å². The van der Waals surface area contributed by atoms with Gasteiger partial charge in [-0.2, -0.15) is 0 Å². The lowest BCUT2D eigenvalue weighted by Gasteiger charge is -2.09. The highest BCUT2D eigenvalue weighted by atomic mass is 16.5. The normalized spacial score (nSPS) is 10.2. The van der Waals surface area contributed by atoms with E-state index < -0.39 is 5.97 Å². The molecule has 76 valence electrons. The molecule has 0 fully saturated rings. The quantitative estimate of drug-likeness (QED) is 0.796. The van der Waals surface area contributed by atoms with E-state index >= 15 is 0 Å². The second-order valence-corrected chi connectivity index (χ2v) is 3.38. The van der Waals surface area contributed by atoms with E-state index in [4.69, 9.17) is 9.84 Å². The maximum Gasteiger partial charge on any atom is 0.339 e. The Bertz CT molecular complexity index is 323. The summed E-state index contributed by atoms with van der Waals surface area (Å²) >= 11 is 0. The lowest BCUT2D eigenvalue weighted by molar-refractivity contribution is 0.0691. The monoisotopic (exact) mass is 195 g/mol. The van der Waals surface area contributed by atoms with E-state index in [0.717, 1.165) is 0 Å². The number of aromatic nitrogens is 1. The summed E-state index contributed by atoms with van der Waals surface area (Å²) in [4.78, 5) is 14.6. The molecular formula is C10H13NO3. The van der Waals surface area contributed by atoms with Crippen LogP contribution in [0.5, 0.6) is 5.75 Å². The Morgan fingerprint density at radius 1 is 1.64 bits per heavy atom. The van der Waals surface area contributed by atoms with Crippen LogP contribution in [0.4, 0.5) is 0 Å². The molecule has 0 aromatic carbocycles. The van der Waals surface area contributed by atoms with E-state index in [-0.39, 0.29) is 5.56 Å². The van der Waals surface area contributed by atoms with E-state index in [1.807, 2.05) is 13.8 Å². The zero-order chi connectivity index (χ0) is 10.6. The van der Waals surface area contributed by atoms with Gasteiger partial charge in [-0.1, -0.05) is 13.8 Å². The Labute approximate surface area is 82.5 Å². The topological polar surface area (TPSA) is 59.4 Å². The zero-order valence-electron chi connectivity index (χ0n) is 8.23. The van der Waals surface area contributed by atoms with Crippen molar-refractivity contribution in [1.29, 1.82) is 0 Å². The number of carboxylic acid groups (broad SMARTS) is 1. The molecular weight excluding hydrogens is 182 g/mol. The van der Waals surface area contributed by atoms with Gasteiger partial charge in [-0.25, -0.2) is 4.79 Å². The fraction of sp³-hybridized carbons (Fsp3) is 0.400. The summed E-state index contributed by atoms with van der Waals surface area (Å²) in [6, 6.07) is 1.43. The van der Waals surface area contributed by atoms with Crippen LogP contribution in [-0.2, 0) is 0 Å². The van der Waals surface area contributed by atoms with Gasteiger partial charge in [0.15, 0.2) is 5.75 Å². The van der Waals surface area contributed by atoms with E-state index in [2.05, 4.69) is 4.98 Å². The molecule has 0 aliphatic carbocycles. The van der Waals surface area contributed by atoms with Gasteiger partial charge in [-0.05, 0) is 12.0 Å². The Morgan fingerprint density at radius 2 is 2.36 bits per heavy atom. The van der Waals surface area contributed by atoms with Crippen LogP contribution in [-0.4, -0.2) is 22.7 Å². The van der Waals surface area contributed by atoms with Gasteiger partial charge >= 0.3 is 5.97 Å². The first-order chi connectivity index (χ1) is 6.61. The number of carbonyl (C=O) groups is 1. The number of nitrogens with zero attached hydrogens (tertiary/aromatic N) is 1. The summed E-state index contributed by atoms with van der Waals surface area (Å²) < 4.78 is 5.32. The van der Waals surface area contributed by atoms with Crippen molar-refractivity contribution in [1.82, 2.24) is 4.98 Å². The summed E-state index contributed by atoms with van der Waals surface area (Å²) in [7, 11) is 0. The maximum atomic E-state index is 10.8. The van der Waals surface area contributed by atoms with Crippen molar-refractivity contribution in [2.45, 2.75) is 13.8 Å². The van der Waals surface area contributed by atoms with Crippen LogP contribution in [0.1, 0.15) is 24.2 Å². The number of hydrogen-bond acceptors (Lipinski definition) is 3. The average molecular weight is 195 g/mol. The van der Waals surface area contributed by atoms with Gasteiger partial charge in [0.2, 0.25) is 0 Å². The molecule has 1 heterocycles. The molecule has 0 unspecified atom stereocenters. The Hall–Kier alpha value is -1.58. The van der Waals surface area contributed by atoms with E-state index in [9.17, 15) is 4.79 Å². The van der Waals surface area contributed by atoms with Crippen LogP contribution >= 0.6 is 0 Å². The summed E-state index contributed by atoms with van der Waals surface area (Å²) in [5.74, 6) is -0.309. The first-order valence-corrected chi connectivity index (χ1v) is 4.41. The van der Waals surface area contributed by atoms with Crippen LogP contribution in [0.2, 0.25) is 0 Å². The Morgan fingerprint density at radius 3 is 2.93 bits per heavy atom. The number of pyridine rings is 1. The van der Waals surface area contributed by atoms with Gasteiger partial charge in [0, 0.05) is 6.20 Å². The molecule has 0 bridgehead atoms. The number of ether oxygens (including phenoxy) is 1. The number of carboxylic acids is 1. The van der Waals surface area contributed by atoms with Crippen LogP contribution < -0.4 is 4.74 Å². The van der Waals surface area contributed by atoms with Gasteiger partial charge < -0.3 is 9.84 Å². The lowest BCUT2D eigenvalue weighted by Crippen LogP contribution is -2.08. The first kappa shape index (κ1) is 10.5. The van der Waals surface area contributed by atoms with Crippen molar-refractivity contribution in [3.63, 3.8) is 0 Å². The Kier molecular flexibility index (Phi) is 3.45. The van der Waals surface area contributed by atoms with Crippen LogP contribution in [0, 0.1) is 5.92 Å². The average Bonchev–Trinajstić information content (AvgIpc) is 2.15. The van der Waals surface area contributed by atoms with Crippen LogP contribution in [0.15, 0.2) is 18.5 Å². The predicted octanol–water partition coefficient (Wildman–Crippen LogP) is 1.81. The minimum Gasteiger partial charge on any atom is -0.491 e. The van der Waals surface area contributed by atoms with Crippen molar-refractivity contribution < 1.29 is 14.6 Å². The van der Waals surface area contributed by atoms with Crippen LogP contribution in [0.25, 0.3) is 0 Å². The summed E-state index contributed by atoms with van der Waals surface area (Å²) in [6.07, 6.45) is 2.86. The fourth-order valence-corrected chi connectivity index (χ4v) is 0.928. The third kappa shape index (κ3) is 2.73. The molecule has 1 aromatic heterocycles. The molecule has 1 N–H and O–H groups in total. The SMILES string of the molecule is CC(C)COc1cnccc1C(=O)O. The third-order valence-electron chi connectivity index (χ3n) is 1.59. The smallest absolute Gasteiger partial charge is 0.339 e. The van der Waals surface area contributed by atoms with Gasteiger partial charge in [0.05, 0.1) is 12.8 Å². The first-order valence-electron chi connectivity index (χ1n) is 4.41. The van der Waals surface area contributed by atoms with Gasteiger partial charge in [-0.15, -0.1) is 0 Å². The van der Waals surface area contributed by atoms with Gasteiger partial charge in [0.25, 0.3) is 0 Å². The predicted molar refractivity (Wildman–Crippen MR) is 51.5 cm³/mol. The standard InChI is InChI=1S/C10H13NO3/c1-7(2)6-14-9-5-11-4-3-8(9)10(12)13/h3-5,7H,6H2,1-2H3,(H,12,13). The van der Waals surface area contributed by atoms with E-state index in [0.29, 0.717) is 18.3 Å². The van der Waals surface area contributed by atoms with Crippen LogP contribution in [0.3, 0.4) is 0 Å². The van der Waals surface area contributed by atoms with E-state index in [1.165, 1.54) is 18.5 Å². The Balaban J connectivity index is 2.79. The molecule has 0 aliphatic heterocycles. The molecule has 0 amide bonds. The lowest BCUT2D eigenvalue weighted by atomic mass is 10.2. The highest BCUT2D eigenvalue weighted by molar-refractivity contribution is 5.90. The molecule has 0 saturated heterocycles. The zero-order valence-corrected chi connectivity index (χ0v) is 8.23. The molecule has 1 aromatic rings. The molecule has 0 aliphatic rings. The third-order valence-corrected chi connectivity index (χ3v) is 1.59. The van der Waals surface area contributed by atoms with Crippen molar-refractivity contribution in [2.75, 3.05) is 6.61 Å². The molecule has 0 spiro atoms. The number of hydrogen-bond donors (Lipinski definition) is 1. The molecule has 4 nitrogen and oxygen atoms in total. The number of aromatic carboxylic acids is 1. The van der Waals surface area contributed by atoms with E-state index in [1.54, 1.807) is 0 Å². The summed E-state index contributed by atoms with van der Waals surface area (Å²) in [5, 5.41) is 8.82. The second kappa shape index (κ2) is 4.60. The van der Waals surface area contributed by atoms with Gasteiger partial charge in [0.1, 0.15) is 5.56 Å². The maximum absolute atomic E-state index is 10.8. The minimum absolute atomic E-state index is 0.153. The van der Waals surface area contributed by atoms with Crippen molar-refractivity contribution in [3.05, 3.63) is 24.0 Å². The summed E-state index contributed by atoms with van der Waals surface area (Å²) in [6.45, 7) is 4.49. The summed E-state index contributed by atoms with van der Waals surface area (Å²) in [5.41, 5.74) is 0.153. The van der Waals surface area contributed by atoms with Crippen molar-refractivity contribution in [2.24, 2.45) is 5.92 Å². The minimum atomic E-state index is -0.994. The molecule has 0 atom stereocenters. The molecule has 1 rings (SSSR count). The highest BCUT2D eigenvalue weighted by Gasteiger charge is 2.10. The fourth-order valence-electron chi connectivity index (χ4n) is 0.928. The molecule has 4 heteroatoms. The molecule has 14 heavy (non-hydrogen) atoms. The second-order valence-electron chi connectivity index (χ2n) is 3.38. The number of rotatable bonds is 4. The molecule has 0 radical (unpaired) electrons.